The fraction of sp³-hybridized carbons (Fsp3) is 0.320. The fourth-order valence-corrected chi connectivity index (χ4v) is 4.99. The molecular formula is C25H27F3N4O6S. The molecule has 1 aliphatic heterocycles. The van der Waals surface area contributed by atoms with Gasteiger partial charge in [0, 0.05) is 32.4 Å². The Morgan fingerprint density at radius 3 is 2.18 bits per heavy atom. The number of benzene rings is 1. The zero-order valence-electron chi connectivity index (χ0n) is 20.9. The minimum Gasteiger partial charge on any atom is -0.475 e. The molecule has 1 aromatic carbocycles. The average molecular weight is 569 g/mol. The Labute approximate surface area is 223 Å². The van der Waals surface area contributed by atoms with E-state index in [0.29, 0.717) is 31.9 Å². The van der Waals surface area contributed by atoms with Crippen molar-refractivity contribution in [3.63, 3.8) is 0 Å². The van der Waals surface area contributed by atoms with Gasteiger partial charge in [-0.3, -0.25) is 4.79 Å². The lowest BCUT2D eigenvalue weighted by atomic mass is 10.2. The molecule has 3 heterocycles. The second-order valence-corrected chi connectivity index (χ2v) is 10.5. The van der Waals surface area contributed by atoms with Crippen LogP contribution in [0.3, 0.4) is 0 Å². The Balaban J connectivity index is 0.000000532. The molecular weight excluding hydrogens is 541 g/mol. The molecule has 210 valence electrons. The number of carbonyl (C=O) groups is 2. The van der Waals surface area contributed by atoms with Crippen molar-refractivity contribution >= 4 is 27.7 Å². The first-order chi connectivity index (χ1) is 18.4. The maximum absolute atomic E-state index is 13.3. The van der Waals surface area contributed by atoms with E-state index in [9.17, 15) is 26.4 Å². The van der Waals surface area contributed by atoms with E-state index in [2.05, 4.69) is 9.88 Å². The standard InChI is InChI=1S/C23H26N4O4S.C2HF3O2/c1-19-7-9-21(10-8-19)32(29,30)27(17-20-5-4-16-31-20)18-23(28)26-14-12-25(13-15-26)22-6-2-3-11-24-22;3-2(4,5)1(6)7/h2-11,16H,12-15,17-18H2,1H3;(H,6,7). The highest BCUT2D eigenvalue weighted by Crippen LogP contribution is 2.20. The van der Waals surface area contributed by atoms with Crippen molar-refractivity contribution in [1.29, 1.82) is 0 Å². The van der Waals surface area contributed by atoms with Crippen LogP contribution in [0.5, 0.6) is 0 Å². The predicted molar refractivity (Wildman–Crippen MR) is 134 cm³/mol. The maximum Gasteiger partial charge on any atom is 0.490 e. The number of alkyl halides is 3. The monoisotopic (exact) mass is 568 g/mol. The molecule has 2 aromatic heterocycles. The third-order valence-electron chi connectivity index (χ3n) is 5.73. The van der Waals surface area contributed by atoms with Crippen molar-refractivity contribution in [2.75, 3.05) is 37.6 Å². The molecule has 3 aromatic rings. The highest BCUT2D eigenvalue weighted by atomic mass is 32.2. The summed E-state index contributed by atoms with van der Waals surface area (Å²) in [6, 6.07) is 15.8. The molecule has 1 saturated heterocycles. The van der Waals surface area contributed by atoms with E-state index in [1.165, 1.54) is 10.6 Å². The van der Waals surface area contributed by atoms with Crippen LogP contribution in [0.4, 0.5) is 19.0 Å². The van der Waals surface area contributed by atoms with Gasteiger partial charge in [0.2, 0.25) is 15.9 Å². The molecule has 39 heavy (non-hydrogen) atoms. The van der Waals surface area contributed by atoms with Gasteiger partial charge in [-0.25, -0.2) is 18.2 Å². The summed E-state index contributed by atoms with van der Waals surface area (Å²) in [6.45, 7) is 3.94. The Kier molecular flexibility index (Phi) is 9.70. The first-order valence-corrected chi connectivity index (χ1v) is 13.1. The molecule has 1 aliphatic rings. The van der Waals surface area contributed by atoms with Crippen molar-refractivity contribution in [2.45, 2.75) is 24.5 Å². The number of pyridine rings is 1. The van der Waals surface area contributed by atoms with Gasteiger partial charge in [0.1, 0.15) is 11.6 Å². The van der Waals surface area contributed by atoms with Crippen LogP contribution >= 0.6 is 0 Å². The number of aromatic nitrogens is 1. The summed E-state index contributed by atoms with van der Waals surface area (Å²) >= 11 is 0. The molecule has 0 saturated carbocycles. The number of carboxylic acids is 1. The first kappa shape index (κ1) is 29.6. The SMILES string of the molecule is Cc1ccc(S(=O)(=O)N(CC(=O)N2CCN(c3ccccn3)CC2)Cc2ccco2)cc1.O=C(O)C(F)(F)F. The van der Waals surface area contributed by atoms with Crippen molar-refractivity contribution in [1.82, 2.24) is 14.2 Å². The van der Waals surface area contributed by atoms with E-state index in [1.807, 2.05) is 25.1 Å². The summed E-state index contributed by atoms with van der Waals surface area (Å²) < 4.78 is 64.9. The number of aliphatic carboxylic acids is 1. The van der Waals surface area contributed by atoms with E-state index < -0.39 is 22.2 Å². The summed E-state index contributed by atoms with van der Waals surface area (Å²) in [4.78, 5) is 30.3. The predicted octanol–water partition coefficient (Wildman–Crippen LogP) is 3.16. The number of anilines is 1. The number of carbonyl (C=O) groups excluding carboxylic acids is 1. The first-order valence-electron chi connectivity index (χ1n) is 11.7. The van der Waals surface area contributed by atoms with Crippen LogP contribution in [-0.2, 0) is 26.2 Å². The van der Waals surface area contributed by atoms with Crippen LogP contribution in [-0.4, -0.2) is 78.5 Å². The Hall–Kier alpha value is -3.91. The molecule has 14 heteroatoms. The number of nitrogens with zero attached hydrogens (tertiary/aromatic N) is 4. The molecule has 0 radical (unpaired) electrons. The van der Waals surface area contributed by atoms with Gasteiger partial charge in [-0.2, -0.15) is 17.5 Å². The van der Waals surface area contributed by atoms with Crippen LogP contribution in [0, 0.1) is 6.92 Å². The second-order valence-electron chi connectivity index (χ2n) is 8.52. The molecule has 1 fully saturated rings. The molecule has 0 aliphatic carbocycles. The zero-order chi connectivity index (χ0) is 28.6. The van der Waals surface area contributed by atoms with Gasteiger partial charge >= 0.3 is 12.1 Å². The van der Waals surface area contributed by atoms with Gasteiger partial charge in [0.05, 0.1) is 24.2 Å². The van der Waals surface area contributed by atoms with E-state index >= 15 is 0 Å². The number of piperazine rings is 1. The zero-order valence-corrected chi connectivity index (χ0v) is 21.7. The van der Waals surface area contributed by atoms with Crippen molar-refractivity contribution in [3.8, 4) is 0 Å². The quantitative estimate of drug-likeness (QED) is 0.461. The minimum atomic E-state index is -5.08. The van der Waals surface area contributed by atoms with Gasteiger partial charge < -0.3 is 19.3 Å². The number of amides is 1. The summed E-state index contributed by atoms with van der Waals surface area (Å²) in [5.74, 6) is -1.63. The third-order valence-corrected chi connectivity index (χ3v) is 7.54. The van der Waals surface area contributed by atoms with Crippen LogP contribution in [0.25, 0.3) is 0 Å². The number of sulfonamides is 1. The van der Waals surface area contributed by atoms with Gasteiger partial charge in [-0.05, 0) is 43.3 Å². The fourth-order valence-electron chi connectivity index (χ4n) is 3.64. The van der Waals surface area contributed by atoms with E-state index in [-0.39, 0.29) is 23.9 Å². The molecule has 10 nitrogen and oxygen atoms in total. The summed E-state index contributed by atoms with van der Waals surface area (Å²) in [7, 11) is -3.88. The van der Waals surface area contributed by atoms with Gasteiger partial charge in [0.25, 0.3) is 0 Å². The van der Waals surface area contributed by atoms with Gasteiger partial charge in [-0.1, -0.05) is 23.8 Å². The smallest absolute Gasteiger partial charge is 0.475 e. The number of rotatable bonds is 7. The Morgan fingerprint density at radius 1 is 1.03 bits per heavy atom. The Morgan fingerprint density at radius 2 is 1.67 bits per heavy atom. The van der Waals surface area contributed by atoms with Crippen LogP contribution < -0.4 is 4.90 Å². The van der Waals surface area contributed by atoms with Crippen LogP contribution in [0.15, 0.2) is 76.4 Å². The van der Waals surface area contributed by atoms with E-state index in [0.717, 1.165) is 11.4 Å². The van der Waals surface area contributed by atoms with Crippen molar-refractivity contribution in [2.24, 2.45) is 0 Å². The lowest BCUT2D eigenvalue weighted by molar-refractivity contribution is -0.192. The maximum atomic E-state index is 13.3. The number of aryl methyl sites for hydroxylation is 1. The minimum absolute atomic E-state index is 0.0111. The number of halogens is 3. The summed E-state index contributed by atoms with van der Waals surface area (Å²) in [5.41, 5.74) is 0.961. The molecule has 0 atom stereocenters. The second kappa shape index (κ2) is 12.8. The molecule has 1 N–H and O–H groups in total. The highest BCUT2D eigenvalue weighted by molar-refractivity contribution is 7.89. The molecule has 0 spiro atoms. The van der Waals surface area contributed by atoms with E-state index in [4.69, 9.17) is 14.3 Å². The number of hydrogen-bond acceptors (Lipinski definition) is 7. The lowest BCUT2D eigenvalue weighted by Gasteiger charge is -2.36. The van der Waals surface area contributed by atoms with Crippen LogP contribution in [0.2, 0.25) is 0 Å². The third kappa shape index (κ3) is 8.29. The lowest BCUT2D eigenvalue weighted by Crippen LogP contribution is -2.52. The number of furan rings is 1. The molecule has 0 unspecified atom stereocenters. The molecule has 0 bridgehead atoms. The van der Waals surface area contributed by atoms with Crippen molar-refractivity contribution in [3.05, 3.63) is 78.4 Å². The summed E-state index contributed by atoms with van der Waals surface area (Å²) in [5, 5.41) is 7.12. The average Bonchev–Trinajstić information content (AvgIpc) is 3.42. The van der Waals surface area contributed by atoms with Crippen LogP contribution in [0.1, 0.15) is 11.3 Å². The van der Waals surface area contributed by atoms with Gasteiger partial charge in [0.15, 0.2) is 0 Å². The summed E-state index contributed by atoms with van der Waals surface area (Å²) in [6.07, 6.45) is -1.85. The normalized spacial score (nSPS) is 14.1. The van der Waals surface area contributed by atoms with Crippen molar-refractivity contribution < 1.29 is 40.7 Å². The highest BCUT2D eigenvalue weighted by Gasteiger charge is 2.38. The molecule has 4 rings (SSSR count). The molecule has 1 amide bonds. The van der Waals surface area contributed by atoms with E-state index in [1.54, 1.807) is 47.5 Å². The Bertz CT molecular complexity index is 1330. The topological polar surface area (TPSA) is 124 Å². The largest absolute Gasteiger partial charge is 0.490 e. The number of hydrogen-bond donors (Lipinski definition) is 1. The van der Waals surface area contributed by atoms with Gasteiger partial charge in [-0.15, -0.1) is 0 Å². The number of carboxylic acid groups (broad SMARTS) is 1.